The van der Waals surface area contributed by atoms with Crippen LogP contribution >= 0.6 is 0 Å². The van der Waals surface area contributed by atoms with E-state index in [1.807, 2.05) is 13.0 Å². The zero-order valence-electron chi connectivity index (χ0n) is 9.42. The average Bonchev–Trinajstić information content (AvgIpc) is 2.86. The first-order chi connectivity index (χ1) is 8.26. The Balaban J connectivity index is 2.34. The Labute approximate surface area is 99.1 Å². The van der Waals surface area contributed by atoms with Crippen molar-refractivity contribution in [3.8, 4) is 6.07 Å². The van der Waals surface area contributed by atoms with Crippen molar-refractivity contribution in [2.45, 2.75) is 13.5 Å². The molecule has 1 heterocycles. The minimum absolute atomic E-state index is 0.0751. The Kier molecular flexibility index (Phi) is 3.01. The van der Waals surface area contributed by atoms with Crippen molar-refractivity contribution in [1.29, 1.82) is 5.26 Å². The number of nitriles is 1. The third kappa shape index (κ3) is 2.08. The molecule has 2 aromatic rings. The van der Waals surface area contributed by atoms with Crippen LogP contribution in [0.15, 0.2) is 36.8 Å². The summed E-state index contributed by atoms with van der Waals surface area (Å²) in [5.74, 6) is -0.0751. The maximum Gasteiger partial charge on any atom is 0.211 e. The molecule has 84 valence electrons. The van der Waals surface area contributed by atoms with E-state index in [4.69, 9.17) is 5.26 Å². The van der Waals surface area contributed by atoms with Gasteiger partial charge in [-0.1, -0.05) is 0 Å². The number of hydrogen-bond donors (Lipinski definition) is 0. The molecule has 0 saturated carbocycles. The molecule has 0 bridgehead atoms. The number of hydrogen-bond acceptors (Lipinski definition) is 3. The molecule has 0 N–H and O–H groups in total. The molecule has 2 rings (SSSR count). The topological polar surface area (TPSA) is 58.7 Å². The molecule has 0 atom stereocenters. The maximum atomic E-state index is 12.1. The Morgan fingerprint density at radius 1 is 1.41 bits per heavy atom. The molecule has 0 aliphatic rings. The zero-order chi connectivity index (χ0) is 12.3. The van der Waals surface area contributed by atoms with E-state index in [0.717, 1.165) is 0 Å². The van der Waals surface area contributed by atoms with Gasteiger partial charge in [0.15, 0.2) is 0 Å². The minimum atomic E-state index is -0.0751. The highest BCUT2D eigenvalue weighted by molar-refractivity contribution is 6.07. The van der Waals surface area contributed by atoms with E-state index in [0.29, 0.717) is 23.4 Å². The standard InChI is InChI=1S/C13H11N3O/c1-2-16-9-15-8-12(16)13(17)11-5-3-10(7-14)4-6-11/h3-6,8-9H,2H2,1H3. The lowest BCUT2D eigenvalue weighted by molar-refractivity contribution is 0.103. The summed E-state index contributed by atoms with van der Waals surface area (Å²) in [6.07, 6.45) is 3.20. The van der Waals surface area contributed by atoms with Gasteiger partial charge in [0.05, 0.1) is 24.2 Å². The fraction of sp³-hybridized carbons (Fsp3) is 0.154. The first kappa shape index (κ1) is 11.1. The second kappa shape index (κ2) is 4.62. The summed E-state index contributed by atoms with van der Waals surface area (Å²) in [6, 6.07) is 8.62. The predicted molar refractivity (Wildman–Crippen MR) is 62.5 cm³/mol. The van der Waals surface area contributed by atoms with Gasteiger partial charge in [-0.3, -0.25) is 4.79 Å². The number of aryl methyl sites for hydroxylation is 1. The summed E-state index contributed by atoms with van der Waals surface area (Å²) in [5.41, 5.74) is 1.68. The molecule has 0 aliphatic carbocycles. The molecule has 0 fully saturated rings. The summed E-state index contributed by atoms with van der Waals surface area (Å²) >= 11 is 0. The normalized spacial score (nSPS) is 9.88. The molecule has 0 spiro atoms. The van der Waals surface area contributed by atoms with Crippen LogP contribution in [-0.4, -0.2) is 15.3 Å². The Bertz CT molecular complexity index is 575. The first-order valence-corrected chi connectivity index (χ1v) is 5.31. The van der Waals surface area contributed by atoms with Gasteiger partial charge in [0, 0.05) is 12.1 Å². The average molecular weight is 225 g/mol. The summed E-state index contributed by atoms with van der Waals surface area (Å²) in [5, 5.41) is 8.68. The van der Waals surface area contributed by atoms with E-state index < -0.39 is 0 Å². The Hall–Kier alpha value is -2.41. The third-order valence-corrected chi connectivity index (χ3v) is 2.56. The Morgan fingerprint density at radius 2 is 2.12 bits per heavy atom. The van der Waals surface area contributed by atoms with Crippen molar-refractivity contribution in [3.05, 3.63) is 53.6 Å². The molecule has 1 aromatic carbocycles. The predicted octanol–water partition coefficient (Wildman–Crippen LogP) is 2.01. The van der Waals surface area contributed by atoms with E-state index in [2.05, 4.69) is 4.98 Å². The number of imidazole rings is 1. The molecule has 0 unspecified atom stereocenters. The van der Waals surface area contributed by atoms with Crippen LogP contribution in [0.1, 0.15) is 28.5 Å². The molecule has 4 heteroatoms. The highest BCUT2D eigenvalue weighted by Crippen LogP contribution is 2.10. The van der Waals surface area contributed by atoms with E-state index in [-0.39, 0.29) is 5.78 Å². The van der Waals surface area contributed by atoms with E-state index in [1.54, 1.807) is 41.4 Å². The highest BCUT2D eigenvalue weighted by atomic mass is 16.1. The van der Waals surface area contributed by atoms with Crippen LogP contribution in [0, 0.1) is 11.3 Å². The summed E-state index contributed by atoms with van der Waals surface area (Å²) in [4.78, 5) is 16.1. The molecule has 1 aromatic heterocycles. The quantitative estimate of drug-likeness (QED) is 0.751. The largest absolute Gasteiger partial charge is 0.328 e. The molecular formula is C13H11N3O. The van der Waals surface area contributed by atoms with Gasteiger partial charge in [-0.05, 0) is 31.2 Å². The lowest BCUT2D eigenvalue weighted by Crippen LogP contribution is -2.08. The fourth-order valence-corrected chi connectivity index (χ4v) is 1.61. The molecular weight excluding hydrogens is 214 g/mol. The zero-order valence-corrected chi connectivity index (χ0v) is 9.42. The number of carbonyl (C=O) groups excluding carboxylic acids is 1. The molecule has 0 saturated heterocycles. The van der Waals surface area contributed by atoms with Crippen molar-refractivity contribution in [2.24, 2.45) is 0 Å². The lowest BCUT2D eigenvalue weighted by Gasteiger charge is -2.04. The van der Waals surface area contributed by atoms with E-state index in [1.165, 1.54) is 0 Å². The van der Waals surface area contributed by atoms with Gasteiger partial charge in [0.25, 0.3) is 0 Å². The first-order valence-electron chi connectivity index (χ1n) is 5.31. The van der Waals surface area contributed by atoms with Crippen LogP contribution in [0.3, 0.4) is 0 Å². The number of rotatable bonds is 3. The third-order valence-electron chi connectivity index (χ3n) is 2.56. The second-order valence-electron chi connectivity index (χ2n) is 3.58. The number of carbonyl (C=O) groups is 1. The van der Waals surface area contributed by atoms with Crippen LogP contribution in [0.2, 0.25) is 0 Å². The molecule has 4 nitrogen and oxygen atoms in total. The summed E-state index contributed by atoms with van der Waals surface area (Å²) in [6.45, 7) is 2.66. The van der Waals surface area contributed by atoms with E-state index >= 15 is 0 Å². The Morgan fingerprint density at radius 3 is 2.71 bits per heavy atom. The van der Waals surface area contributed by atoms with Crippen LogP contribution in [-0.2, 0) is 6.54 Å². The molecule has 0 aliphatic heterocycles. The van der Waals surface area contributed by atoms with Crippen molar-refractivity contribution < 1.29 is 4.79 Å². The summed E-state index contributed by atoms with van der Waals surface area (Å²) < 4.78 is 1.79. The fourth-order valence-electron chi connectivity index (χ4n) is 1.61. The van der Waals surface area contributed by atoms with Gasteiger partial charge in [-0.15, -0.1) is 0 Å². The van der Waals surface area contributed by atoms with Crippen LogP contribution in [0.5, 0.6) is 0 Å². The summed E-state index contributed by atoms with van der Waals surface area (Å²) in [7, 11) is 0. The van der Waals surface area contributed by atoms with Crippen LogP contribution in [0.4, 0.5) is 0 Å². The number of nitrogens with zero attached hydrogens (tertiary/aromatic N) is 3. The minimum Gasteiger partial charge on any atom is -0.328 e. The van der Waals surface area contributed by atoms with Gasteiger partial charge >= 0.3 is 0 Å². The second-order valence-corrected chi connectivity index (χ2v) is 3.58. The van der Waals surface area contributed by atoms with Gasteiger partial charge < -0.3 is 4.57 Å². The van der Waals surface area contributed by atoms with Crippen LogP contribution in [0.25, 0.3) is 0 Å². The SMILES string of the molecule is CCn1cncc1C(=O)c1ccc(C#N)cc1. The highest BCUT2D eigenvalue weighted by Gasteiger charge is 2.13. The number of ketones is 1. The molecule has 17 heavy (non-hydrogen) atoms. The number of aromatic nitrogens is 2. The monoisotopic (exact) mass is 225 g/mol. The van der Waals surface area contributed by atoms with Gasteiger partial charge in [-0.25, -0.2) is 4.98 Å². The molecule has 0 radical (unpaired) electrons. The van der Waals surface area contributed by atoms with Gasteiger partial charge in [-0.2, -0.15) is 5.26 Å². The number of benzene rings is 1. The maximum absolute atomic E-state index is 12.1. The lowest BCUT2D eigenvalue weighted by atomic mass is 10.1. The van der Waals surface area contributed by atoms with Gasteiger partial charge in [0.2, 0.25) is 5.78 Å². The van der Waals surface area contributed by atoms with Crippen molar-refractivity contribution in [2.75, 3.05) is 0 Å². The smallest absolute Gasteiger partial charge is 0.211 e. The molecule has 0 amide bonds. The van der Waals surface area contributed by atoms with Crippen molar-refractivity contribution in [3.63, 3.8) is 0 Å². The van der Waals surface area contributed by atoms with Crippen molar-refractivity contribution in [1.82, 2.24) is 9.55 Å². The van der Waals surface area contributed by atoms with E-state index in [9.17, 15) is 4.79 Å². The van der Waals surface area contributed by atoms with Crippen molar-refractivity contribution >= 4 is 5.78 Å². The van der Waals surface area contributed by atoms with Gasteiger partial charge in [0.1, 0.15) is 5.69 Å². The van der Waals surface area contributed by atoms with Crippen LogP contribution < -0.4 is 0 Å².